The number of rotatable bonds is 8. The van der Waals surface area contributed by atoms with E-state index < -0.39 is 21.9 Å². The Morgan fingerprint density at radius 1 is 1.07 bits per heavy atom. The highest BCUT2D eigenvalue weighted by Gasteiger charge is 2.18. The fraction of sp³-hybridized carbons (Fsp3) is 0.316. The molecule has 0 bridgehead atoms. The number of hydrogen-bond acceptors (Lipinski definition) is 4. The van der Waals surface area contributed by atoms with Gasteiger partial charge in [0.2, 0.25) is 15.9 Å². The molecule has 0 aromatic heterocycles. The Morgan fingerprint density at radius 2 is 1.70 bits per heavy atom. The molecule has 0 aliphatic carbocycles. The van der Waals surface area contributed by atoms with E-state index in [0.29, 0.717) is 11.1 Å². The van der Waals surface area contributed by atoms with Crippen molar-refractivity contribution in [2.45, 2.75) is 37.9 Å². The fourth-order valence-electron chi connectivity index (χ4n) is 2.34. The van der Waals surface area contributed by atoms with E-state index in [-0.39, 0.29) is 29.8 Å². The van der Waals surface area contributed by atoms with Crippen LogP contribution in [0.5, 0.6) is 0 Å². The summed E-state index contributed by atoms with van der Waals surface area (Å²) < 4.78 is 40.6. The van der Waals surface area contributed by atoms with Crippen LogP contribution in [0, 0.1) is 11.7 Å². The second kappa shape index (κ2) is 9.07. The van der Waals surface area contributed by atoms with Gasteiger partial charge < -0.3 is 11.1 Å². The number of hydrogen-bond donors (Lipinski definition) is 3. The molecule has 0 heterocycles. The lowest BCUT2D eigenvalue weighted by molar-refractivity contribution is -0.123. The van der Waals surface area contributed by atoms with Crippen LogP contribution in [0.25, 0.3) is 0 Å². The van der Waals surface area contributed by atoms with Crippen molar-refractivity contribution in [2.75, 3.05) is 0 Å². The molecule has 0 aliphatic heterocycles. The summed E-state index contributed by atoms with van der Waals surface area (Å²) in [6.45, 7) is 3.85. The van der Waals surface area contributed by atoms with Crippen LogP contribution in [0.2, 0.25) is 0 Å². The number of carbonyl (C=O) groups is 1. The lowest BCUT2D eigenvalue weighted by Crippen LogP contribution is -2.43. The van der Waals surface area contributed by atoms with Gasteiger partial charge in [-0.05, 0) is 41.3 Å². The average molecular weight is 393 g/mol. The Hall–Kier alpha value is -2.29. The maximum atomic E-state index is 13.2. The van der Waals surface area contributed by atoms with E-state index in [9.17, 15) is 17.6 Å². The van der Waals surface area contributed by atoms with Crippen molar-refractivity contribution in [1.29, 1.82) is 0 Å². The van der Waals surface area contributed by atoms with Gasteiger partial charge in [0.1, 0.15) is 5.82 Å². The van der Waals surface area contributed by atoms with Gasteiger partial charge in [-0.3, -0.25) is 4.79 Å². The molecule has 2 rings (SSSR count). The quantitative estimate of drug-likeness (QED) is 0.638. The van der Waals surface area contributed by atoms with E-state index in [1.165, 1.54) is 30.3 Å². The molecule has 4 N–H and O–H groups in total. The summed E-state index contributed by atoms with van der Waals surface area (Å²) in [5, 5.41) is 2.70. The second-order valence-corrected chi connectivity index (χ2v) is 8.36. The van der Waals surface area contributed by atoms with E-state index in [1.807, 2.05) is 13.8 Å². The molecule has 1 amide bonds. The lowest BCUT2D eigenvalue weighted by Gasteiger charge is -2.15. The summed E-state index contributed by atoms with van der Waals surface area (Å²) in [5.41, 5.74) is 6.93. The summed E-state index contributed by atoms with van der Waals surface area (Å²) in [4.78, 5) is 12.0. The molecule has 8 heteroatoms. The zero-order valence-corrected chi connectivity index (χ0v) is 16.1. The van der Waals surface area contributed by atoms with Gasteiger partial charge in [0.05, 0.1) is 10.9 Å². The fourth-order valence-corrected chi connectivity index (χ4v) is 3.43. The number of halogens is 1. The molecular formula is C19H24FN3O3S. The predicted octanol–water partition coefficient (Wildman–Crippen LogP) is 1.90. The van der Waals surface area contributed by atoms with Gasteiger partial charge in [-0.15, -0.1) is 0 Å². The van der Waals surface area contributed by atoms with Gasteiger partial charge in [0.25, 0.3) is 0 Å². The molecule has 6 nitrogen and oxygen atoms in total. The molecule has 2 aromatic carbocycles. The molecule has 2 aromatic rings. The van der Waals surface area contributed by atoms with Crippen molar-refractivity contribution in [3.63, 3.8) is 0 Å². The van der Waals surface area contributed by atoms with Crippen molar-refractivity contribution in [3.05, 3.63) is 65.5 Å². The van der Waals surface area contributed by atoms with E-state index in [0.717, 1.165) is 0 Å². The topological polar surface area (TPSA) is 101 Å². The normalized spacial score (nSPS) is 12.8. The highest BCUT2D eigenvalue weighted by Crippen LogP contribution is 2.13. The molecule has 0 saturated heterocycles. The van der Waals surface area contributed by atoms with E-state index in [1.54, 1.807) is 18.2 Å². The first kappa shape index (κ1) is 21.0. The van der Waals surface area contributed by atoms with Crippen LogP contribution in [0.3, 0.4) is 0 Å². The largest absolute Gasteiger partial charge is 0.351 e. The van der Waals surface area contributed by atoms with Crippen LogP contribution in [0.1, 0.15) is 25.0 Å². The van der Waals surface area contributed by atoms with Gasteiger partial charge in [0, 0.05) is 13.1 Å². The van der Waals surface area contributed by atoms with Crippen molar-refractivity contribution in [2.24, 2.45) is 11.7 Å². The molecule has 0 fully saturated rings. The third-order valence-corrected chi connectivity index (χ3v) is 5.45. The van der Waals surface area contributed by atoms with Gasteiger partial charge >= 0.3 is 0 Å². The Morgan fingerprint density at radius 3 is 2.33 bits per heavy atom. The minimum atomic E-state index is -3.77. The maximum Gasteiger partial charge on any atom is 0.240 e. The van der Waals surface area contributed by atoms with Crippen LogP contribution in [0.4, 0.5) is 4.39 Å². The van der Waals surface area contributed by atoms with Gasteiger partial charge in [0.15, 0.2) is 0 Å². The standard InChI is InChI=1S/C19H24FN3O3S/c1-13(2)18(21)19(24)22-11-15-6-4-8-17(10-15)27(25,26)23-12-14-5-3-7-16(20)9-14/h3-10,13,18,23H,11-12,21H2,1-2H3,(H,22,24)/t18-/m0/s1. The van der Waals surface area contributed by atoms with Gasteiger partial charge in [-0.1, -0.05) is 38.1 Å². The molecular weight excluding hydrogens is 369 g/mol. The molecule has 0 spiro atoms. The SMILES string of the molecule is CC(C)[C@H](N)C(=O)NCc1cccc(S(=O)(=O)NCc2cccc(F)c2)c1. The van der Waals surface area contributed by atoms with Crippen LogP contribution in [-0.2, 0) is 27.9 Å². The summed E-state index contributed by atoms with van der Waals surface area (Å²) in [5.74, 6) is -0.713. The van der Waals surface area contributed by atoms with Crippen LogP contribution in [-0.4, -0.2) is 20.4 Å². The number of nitrogens with one attached hydrogen (secondary N) is 2. The molecule has 27 heavy (non-hydrogen) atoms. The number of benzene rings is 2. The first-order valence-corrected chi connectivity index (χ1v) is 10.0. The molecule has 0 aliphatic rings. The van der Waals surface area contributed by atoms with Gasteiger partial charge in [-0.25, -0.2) is 17.5 Å². The number of amides is 1. The average Bonchev–Trinajstić information content (AvgIpc) is 2.64. The minimum Gasteiger partial charge on any atom is -0.351 e. The van der Waals surface area contributed by atoms with Crippen LogP contribution >= 0.6 is 0 Å². The highest BCUT2D eigenvalue weighted by molar-refractivity contribution is 7.89. The summed E-state index contributed by atoms with van der Waals surface area (Å²) in [7, 11) is -3.77. The van der Waals surface area contributed by atoms with E-state index in [2.05, 4.69) is 10.0 Å². The van der Waals surface area contributed by atoms with Gasteiger partial charge in [-0.2, -0.15) is 0 Å². The zero-order valence-electron chi connectivity index (χ0n) is 15.3. The Bertz CT molecular complexity index is 901. The molecule has 146 valence electrons. The highest BCUT2D eigenvalue weighted by atomic mass is 32.2. The molecule has 0 unspecified atom stereocenters. The van der Waals surface area contributed by atoms with Crippen LogP contribution < -0.4 is 15.8 Å². The maximum absolute atomic E-state index is 13.2. The number of nitrogens with two attached hydrogens (primary N) is 1. The summed E-state index contributed by atoms with van der Waals surface area (Å²) >= 11 is 0. The van der Waals surface area contributed by atoms with Crippen molar-refractivity contribution < 1.29 is 17.6 Å². The van der Waals surface area contributed by atoms with E-state index >= 15 is 0 Å². The smallest absolute Gasteiger partial charge is 0.240 e. The molecule has 0 saturated carbocycles. The van der Waals surface area contributed by atoms with Crippen LogP contribution in [0.15, 0.2) is 53.4 Å². The third kappa shape index (κ3) is 6.13. The van der Waals surface area contributed by atoms with Crippen molar-refractivity contribution >= 4 is 15.9 Å². The first-order valence-electron chi connectivity index (χ1n) is 8.55. The predicted molar refractivity (Wildman–Crippen MR) is 102 cm³/mol. The third-order valence-electron chi connectivity index (χ3n) is 4.05. The number of carbonyl (C=O) groups excluding carboxylic acids is 1. The Balaban J connectivity index is 2.03. The Labute approximate surface area is 159 Å². The first-order chi connectivity index (χ1) is 12.7. The second-order valence-electron chi connectivity index (χ2n) is 6.59. The summed E-state index contributed by atoms with van der Waals surface area (Å²) in [6.07, 6.45) is 0. The number of sulfonamides is 1. The lowest BCUT2D eigenvalue weighted by atomic mass is 10.0. The Kier molecular flexibility index (Phi) is 7.06. The van der Waals surface area contributed by atoms with E-state index in [4.69, 9.17) is 5.73 Å². The zero-order chi connectivity index (χ0) is 20.0. The monoisotopic (exact) mass is 393 g/mol. The summed E-state index contributed by atoms with van der Waals surface area (Å²) in [6, 6.07) is 11.3. The molecule has 1 atom stereocenters. The van der Waals surface area contributed by atoms with Crippen molar-refractivity contribution in [3.8, 4) is 0 Å². The van der Waals surface area contributed by atoms with Crippen molar-refractivity contribution in [1.82, 2.24) is 10.0 Å². The molecule has 0 radical (unpaired) electrons. The minimum absolute atomic E-state index is 0.00346.